The van der Waals surface area contributed by atoms with Crippen LogP contribution in [0, 0.1) is 17.8 Å². The molecule has 0 spiro atoms. The normalized spacial score (nSPS) is 25.4. The van der Waals surface area contributed by atoms with Gasteiger partial charge in [0, 0.05) is 19.6 Å². The van der Waals surface area contributed by atoms with E-state index in [-0.39, 0.29) is 11.8 Å². The Bertz CT molecular complexity index is 418. The first kappa shape index (κ1) is 14.1. The highest BCUT2D eigenvalue weighted by molar-refractivity contribution is 5.71. The second kappa shape index (κ2) is 6.20. The summed E-state index contributed by atoms with van der Waals surface area (Å²) in [6.07, 6.45) is 1.05. The maximum Gasteiger partial charge on any atom is 0.308 e. The van der Waals surface area contributed by atoms with E-state index in [9.17, 15) is 9.90 Å². The number of rotatable bonds is 5. The number of aliphatic carboxylic acids is 1. The Balaban J connectivity index is 2.03. The fourth-order valence-corrected chi connectivity index (χ4v) is 3.02. The molecule has 2 rings (SSSR count). The molecule has 3 nitrogen and oxygen atoms in total. The summed E-state index contributed by atoms with van der Waals surface area (Å²) in [6.45, 7) is 6.76. The summed E-state index contributed by atoms with van der Waals surface area (Å²) >= 11 is 0. The molecule has 3 heteroatoms. The lowest BCUT2D eigenvalue weighted by atomic mass is 9.84. The van der Waals surface area contributed by atoms with E-state index < -0.39 is 5.97 Å². The Morgan fingerprint density at radius 1 is 1.37 bits per heavy atom. The lowest BCUT2D eigenvalue weighted by Gasteiger charge is -2.21. The summed E-state index contributed by atoms with van der Waals surface area (Å²) in [5.41, 5.74) is 1.26. The Morgan fingerprint density at radius 3 is 2.63 bits per heavy atom. The molecule has 1 N–H and O–H groups in total. The van der Waals surface area contributed by atoms with E-state index in [0.29, 0.717) is 12.5 Å². The van der Waals surface area contributed by atoms with Crippen LogP contribution in [0.15, 0.2) is 30.3 Å². The Morgan fingerprint density at radius 2 is 2.05 bits per heavy atom. The molecule has 1 aromatic carbocycles. The standard InChI is InChI=1S/C16H23NO2/c1-3-12(2)14-10-17(11-15(14)16(18)19)9-13-7-5-4-6-8-13/h4-8,12,14-15H,3,9-11H2,1-2H3,(H,18,19). The molecule has 1 saturated heterocycles. The topological polar surface area (TPSA) is 40.5 Å². The molecule has 0 aromatic heterocycles. The molecular weight excluding hydrogens is 238 g/mol. The van der Waals surface area contributed by atoms with Gasteiger partial charge in [0.25, 0.3) is 0 Å². The first-order valence-electron chi connectivity index (χ1n) is 7.11. The summed E-state index contributed by atoms with van der Waals surface area (Å²) in [4.78, 5) is 13.7. The molecule has 104 valence electrons. The number of benzene rings is 1. The van der Waals surface area contributed by atoms with Gasteiger partial charge in [-0.1, -0.05) is 50.6 Å². The molecule has 1 aliphatic rings. The van der Waals surface area contributed by atoms with Crippen LogP contribution in [0.4, 0.5) is 0 Å². The Labute approximate surface area is 115 Å². The molecule has 0 radical (unpaired) electrons. The van der Waals surface area contributed by atoms with Gasteiger partial charge in [-0.05, 0) is 17.4 Å². The minimum atomic E-state index is -0.638. The lowest BCUT2D eigenvalue weighted by Crippen LogP contribution is -2.26. The minimum absolute atomic E-state index is 0.210. The van der Waals surface area contributed by atoms with Gasteiger partial charge in [0.05, 0.1) is 5.92 Å². The Hall–Kier alpha value is -1.35. The van der Waals surface area contributed by atoms with Crippen LogP contribution in [-0.4, -0.2) is 29.1 Å². The van der Waals surface area contributed by atoms with E-state index >= 15 is 0 Å². The largest absolute Gasteiger partial charge is 0.481 e. The lowest BCUT2D eigenvalue weighted by molar-refractivity contribution is -0.143. The average molecular weight is 261 g/mol. The van der Waals surface area contributed by atoms with Gasteiger partial charge in [-0.3, -0.25) is 9.69 Å². The number of carbonyl (C=O) groups is 1. The third kappa shape index (κ3) is 3.35. The van der Waals surface area contributed by atoms with Crippen LogP contribution in [-0.2, 0) is 11.3 Å². The van der Waals surface area contributed by atoms with Crippen LogP contribution in [0.1, 0.15) is 25.8 Å². The number of carboxylic acid groups (broad SMARTS) is 1. The van der Waals surface area contributed by atoms with Gasteiger partial charge >= 0.3 is 5.97 Å². The van der Waals surface area contributed by atoms with Crippen LogP contribution in [0.3, 0.4) is 0 Å². The quantitative estimate of drug-likeness (QED) is 0.886. The third-order valence-corrected chi connectivity index (χ3v) is 4.38. The van der Waals surface area contributed by atoms with Crippen LogP contribution in [0.5, 0.6) is 0 Å². The zero-order chi connectivity index (χ0) is 13.8. The predicted molar refractivity (Wildman–Crippen MR) is 75.8 cm³/mol. The van der Waals surface area contributed by atoms with Gasteiger partial charge in [0.1, 0.15) is 0 Å². The van der Waals surface area contributed by atoms with Crippen molar-refractivity contribution in [3.05, 3.63) is 35.9 Å². The van der Waals surface area contributed by atoms with E-state index in [4.69, 9.17) is 0 Å². The molecule has 3 unspecified atom stereocenters. The molecular formula is C16H23NO2. The predicted octanol–water partition coefficient (Wildman–Crippen LogP) is 2.87. The van der Waals surface area contributed by atoms with Crippen LogP contribution in [0.25, 0.3) is 0 Å². The van der Waals surface area contributed by atoms with E-state index in [1.165, 1.54) is 5.56 Å². The summed E-state index contributed by atoms with van der Waals surface area (Å²) in [5, 5.41) is 9.39. The Kier molecular flexibility index (Phi) is 4.59. The number of hydrogen-bond donors (Lipinski definition) is 1. The SMILES string of the molecule is CCC(C)C1CN(Cc2ccccc2)CC1C(=O)O. The molecule has 1 aliphatic heterocycles. The summed E-state index contributed by atoms with van der Waals surface area (Å²) < 4.78 is 0. The third-order valence-electron chi connectivity index (χ3n) is 4.38. The summed E-state index contributed by atoms with van der Waals surface area (Å²) in [5.74, 6) is -0.0902. The molecule has 19 heavy (non-hydrogen) atoms. The maximum absolute atomic E-state index is 11.4. The number of likely N-dealkylation sites (tertiary alicyclic amines) is 1. The van der Waals surface area contributed by atoms with Gasteiger partial charge in [0.2, 0.25) is 0 Å². The van der Waals surface area contributed by atoms with Crippen molar-refractivity contribution < 1.29 is 9.90 Å². The first-order chi connectivity index (χ1) is 9.11. The van der Waals surface area contributed by atoms with Crippen LogP contribution < -0.4 is 0 Å². The van der Waals surface area contributed by atoms with E-state index in [1.807, 2.05) is 18.2 Å². The molecule has 1 aromatic rings. The smallest absolute Gasteiger partial charge is 0.308 e. The molecule has 1 heterocycles. The van der Waals surface area contributed by atoms with Crippen molar-refractivity contribution >= 4 is 5.97 Å². The molecule has 0 aliphatic carbocycles. The van der Waals surface area contributed by atoms with E-state index in [2.05, 4.69) is 30.9 Å². The number of nitrogens with zero attached hydrogens (tertiary/aromatic N) is 1. The highest BCUT2D eigenvalue weighted by Gasteiger charge is 2.39. The highest BCUT2D eigenvalue weighted by Crippen LogP contribution is 2.32. The second-order valence-electron chi connectivity index (χ2n) is 5.67. The van der Waals surface area contributed by atoms with Gasteiger partial charge in [-0.25, -0.2) is 0 Å². The number of carboxylic acids is 1. The van der Waals surface area contributed by atoms with Crippen molar-refractivity contribution in [2.45, 2.75) is 26.8 Å². The molecule has 0 bridgehead atoms. The van der Waals surface area contributed by atoms with Crippen molar-refractivity contribution in [3.8, 4) is 0 Å². The van der Waals surface area contributed by atoms with Crippen molar-refractivity contribution in [2.75, 3.05) is 13.1 Å². The monoisotopic (exact) mass is 261 g/mol. The second-order valence-corrected chi connectivity index (χ2v) is 5.67. The van der Waals surface area contributed by atoms with Crippen molar-refractivity contribution in [2.24, 2.45) is 17.8 Å². The summed E-state index contributed by atoms with van der Waals surface area (Å²) in [7, 11) is 0. The van der Waals surface area contributed by atoms with Gasteiger partial charge in [-0.15, -0.1) is 0 Å². The van der Waals surface area contributed by atoms with E-state index in [1.54, 1.807) is 0 Å². The zero-order valence-electron chi connectivity index (χ0n) is 11.7. The van der Waals surface area contributed by atoms with Crippen molar-refractivity contribution in [3.63, 3.8) is 0 Å². The molecule has 0 amide bonds. The maximum atomic E-state index is 11.4. The average Bonchev–Trinajstić information content (AvgIpc) is 2.83. The van der Waals surface area contributed by atoms with Gasteiger partial charge in [-0.2, -0.15) is 0 Å². The molecule has 0 saturated carbocycles. The van der Waals surface area contributed by atoms with Gasteiger partial charge in [0.15, 0.2) is 0 Å². The van der Waals surface area contributed by atoms with Crippen LogP contribution in [0.2, 0.25) is 0 Å². The van der Waals surface area contributed by atoms with Crippen molar-refractivity contribution in [1.82, 2.24) is 4.90 Å². The van der Waals surface area contributed by atoms with Gasteiger partial charge < -0.3 is 5.11 Å². The molecule has 3 atom stereocenters. The number of hydrogen-bond acceptors (Lipinski definition) is 2. The summed E-state index contributed by atoms with van der Waals surface area (Å²) in [6, 6.07) is 10.3. The van der Waals surface area contributed by atoms with E-state index in [0.717, 1.165) is 19.5 Å². The van der Waals surface area contributed by atoms with Crippen LogP contribution >= 0.6 is 0 Å². The van der Waals surface area contributed by atoms with Crippen molar-refractivity contribution in [1.29, 1.82) is 0 Å². The highest BCUT2D eigenvalue weighted by atomic mass is 16.4. The zero-order valence-corrected chi connectivity index (χ0v) is 11.7. The first-order valence-corrected chi connectivity index (χ1v) is 7.11. The molecule has 1 fully saturated rings. The fourth-order valence-electron chi connectivity index (χ4n) is 3.02. The fraction of sp³-hybridized carbons (Fsp3) is 0.562. The minimum Gasteiger partial charge on any atom is -0.481 e.